The van der Waals surface area contributed by atoms with Crippen LogP contribution in [0.3, 0.4) is 0 Å². The summed E-state index contributed by atoms with van der Waals surface area (Å²) < 4.78 is 1.02. The highest BCUT2D eigenvalue weighted by Gasteiger charge is 2.25. The molecule has 154 valence electrons. The van der Waals surface area contributed by atoms with Crippen molar-refractivity contribution in [2.75, 3.05) is 24.3 Å². The lowest BCUT2D eigenvalue weighted by Gasteiger charge is -2.14. The molecule has 1 heterocycles. The van der Waals surface area contributed by atoms with E-state index in [1.165, 1.54) is 16.9 Å². The highest BCUT2D eigenvalue weighted by molar-refractivity contribution is 9.10. The zero-order valence-electron chi connectivity index (χ0n) is 17.1. The summed E-state index contributed by atoms with van der Waals surface area (Å²) in [6.45, 7) is 0. The molecule has 1 amide bonds. The molecule has 0 saturated heterocycles. The van der Waals surface area contributed by atoms with Gasteiger partial charge < -0.3 is 10.2 Å². The van der Waals surface area contributed by atoms with Crippen LogP contribution in [-0.4, -0.2) is 26.2 Å². The summed E-state index contributed by atoms with van der Waals surface area (Å²) >= 11 is 5.28. The van der Waals surface area contributed by atoms with Gasteiger partial charge >= 0.3 is 0 Å². The van der Waals surface area contributed by atoms with E-state index in [2.05, 4.69) is 38.3 Å². The molecular weight excluding hydrogens is 458 g/mol. The number of nitrogens with one attached hydrogen (secondary N) is 1. The number of aliphatic imine (C=N–C) groups is 1. The number of benzene rings is 2. The number of hydrogen-bond donors (Lipinski definition) is 1. The Morgan fingerprint density at radius 3 is 2.63 bits per heavy atom. The lowest BCUT2D eigenvalue weighted by molar-refractivity contribution is 0.102. The average Bonchev–Trinajstić information content (AvgIpc) is 3.11. The Balaban J connectivity index is 1.66. The van der Waals surface area contributed by atoms with Crippen molar-refractivity contribution in [3.05, 3.63) is 74.6 Å². The molecule has 0 radical (unpaired) electrons. The topological polar surface area (TPSA) is 44.7 Å². The predicted octanol–water partition coefficient (Wildman–Crippen LogP) is 6.46. The predicted molar refractivity (Wildman–Crippen MR) is 131 cm³/mol. The van der Waals surface area contributed by atoms with Gasteiger partial charge in [0.25, 0.3) is 5.91 Å². The van der Waals surface area contributed by atoms with Gasteiger partial charge in [-0.05, 0) is 77.0 Å². The van der Waals surface area contributed by atoms with Gasteiger partial charge in [-0.25, -0.2) is 4.99 Å². The first-order chi connectivity index (χ1) is 14.5. The summed E-state index contributed by atoms with van der Waals surface area (Å²) in [5, 5.41) is 3.84. The molecule has 30 heavy (non-hydrogen) atoms. The van der Waals surface area contributed by atoms with Crippen LogP contribution in [0.1, 0.15) is 39.2 Å². The first-order valence-electron chi connectivity index (χ1n) is 10.0. The molecule has 2 aromatic carbocycles. The summed E-state index contributed by atoms with van der Waals surface area (Å²) in [5.74, 6) is -0.0723. The smallest absolute Gasteiger partial charge is 0.259 e. The molecule has 1 aliphatic rings. The van der Waals surface area contributed by atoms with Gasteiger partial charge in [0.05, 0.1) is 11.3 Å². The first-order valence-corrected chi connectivity index (χ1v) is 11.7. The second-order valence-corrected chi connectivity index (χ2v) is 9.51. The van der Waals surface area contributed by atoms with Crippen LogP contribution in [0.15, 0.2) is 58.0 Å². The number of anilines is 2. The number of carbonyl (C=O) groups is 1. The standard InChI is InChI=1S/C24H24BrN3OS/c1-28(2)20-13-12-16(14-19(20)25)15-26-24-22(18-10-6-7-11-21(18)30-24)23(29)27-17-8-4-3-5-9-17/h3-5,8-9,12-15H,6-7,10-11H2,1-2H3,(H,27,29). The molecule has 0 saturated carbocycles. The van der Waals surface area contributed by atoms with Crippen LogP contribution in [0, 0.1) is 0 Å². The van der Waals surface area contributed by atoms with Crippen LogP contribution in [0.2, 0.25) is 0 Å². The third-order valence-corrected chi connectivity index (χ3v) is 7.03. The number of rotatable bonds is 5. The van der Waals surface area contributed by atoms with Crippen molar-refractivity contribution in [1.82, 2.24) is 0 Å². The molecule has 0 unspecified atom stereocenters. The second-order valence-electron chi connectivity index (χ2n) is 7.57. The Kier molecular flexibility index (Phi) is 6.35. The van der Waals surface area contributed by atoms with E-state index in [9.17, 15) is 4.79 Å². The minimum Gasteiger partial charge on any atom is -0.377 e. The molecule has 4 rings (SSSR count). The van der Waals surface area contributed by atoms with Crippen molar-refractivity contribution in [3.8, 4) is 0 Å². The minimum atomic E-state index is -0.0723. The van der Waals surface area contributed by atoms with Gasteiger partial charge in [0.2, 0.25) is 0 Å². The van der Waals surface area contributed by atoms with E-state index in [1.54, 1.807) is 11.3 Å². The summed E-state index contributed by atoms with van der Waals surface area (Å²) in [6, 6.07) is 15.8. The van der Waals surface area contributed by atoms with Crippen molar-refractivity contribution >= 4 is 55.8 Å². The first kappa shape index (κ1) is 20.8. The summed E-state index contributed by atoms with van der Waals surface area (Å²) in [5.41, 5.74) is 4.82. The maximum Gasteiger partial charge on any atom is 0.259 e. The van der Waals surface area contributed by atoms with Crippen LogP contribution in [0.25, 0.3) is 0 Å². The lowest BCUT2D eigenvalue weighted by Crippen LogP contribution is -2.14. The number of fused-ring (bicyclic) bond motifs is 1. The average molecular weight is 482 g/mol. The molecule has 1 N–H and O–H groups in total. The fourth-order valence-corrected chi connectivity index (χ4v) is 5.67. The summed E-state index contributed by atoms with van der Waals surface area (Å²) in [6.07, 6.45) is 6.12. The molecule has 0 aliphatic heterocycles. The molecule has 0 fully saturated rings. The van der Waals surface area contributed by atoms with E-state index < -0.39 is 0 Å². The Labute approximate surface area is 189 Å². The van der Waals surface area contributed by atoms with Gasteiger partial charge in [-0.2, -0.15) is 0 Å². The Morgan fingerprint density at radius 1 is 1.13 bits per heavy atom. The number of thiophene rings is 1. The van der Waals surface area contributed by atoms with E-state index in [0.717, 1.165) is 51.2 Å². The number of nitrogens with zero attached hydrogens (tertiary/aromatic N) is 2. The van der Waals surface area contributed by atoms with Crippen molar-refractivity contribution in [2.24, 2.45) is 4.99 Å². The zero-order chi connectivity index (χ0) is 21.1. The number of para-hydroxylation sites is 1. The van der Waals surface area contributed by atoms with E-state index in [0.29, 0.717) is 0 Å². The number of carbonyl (C=O) groups excluding carboxylic acids is 1. The highest BCUT2D eigenvalue weighted by Crippen LogP contribution is 2.40. The highest BCUT2D eigenvalue weighted by atomic mass is 79.9. The van der Waals surface area contributed by atoms with E-state index >= 15 is 0 Å². The molecule has 4 nitrogen and oxygen atoms in total. The zero-order valence-corrected chi connectivity index (χ0v) is 19.5. The van der Waals surface area contributed by atoms with E-state index in [1.807, 2.05) is 56.7 Å². The Hall–Kier alpha value is -2.44. The van der Waals surface area contributed by atoms with Gasteiger partial charge in [-0.1, -0.05) is 24.3 Å². The lowest BCUT2D eigenvalue weighted by atomic mass is 9.95. The third kappa shape index (κ3) is 4.50. The van der Waals surface area contributed by atoms with Crippen molar-refractivity contribution < 1.29 is 4.79 Å². The SMILES string of the molecule is CN(C)c1ccc(C=Nc2sc3c(c2C(=O)Nc2ccccc2)CCCC3)cc1Br. The van der Waals surface area contributed by atoms with E-state index in [-0.39, 0.29) is 5.91 Å². The summed E-state index contributed by atoms with van der Waals surface area (Å²) in [7, 11) is 4.03. The van der Waals surface area contributed by atoms with Gasteiger partial charge in [0.1, 0.15) is 5.00 Å². The number of halogens is 1. The number of hydrogen-bond acceptors (Lipinski definition) is 4. The fraction of sp³-hybridized carbons (Fsp3) is 0.250. The molecular formula is C24H24BrN3OS. The van der Waals surface area contributed by atoms with Crippen LogP contribution in [0.4, 0.5) is 16.4 Å². The van der Waals surface area contributed by atoms with Crippen molar-refractivity contribution in [2.45, 2.75) is 25.7 Å². The number of amides is 1. The van der Waals surface area contributed by atoms with Crippen LogP contribution in [0.5, 0.6) is 0 Å². The van der Waals surface area contributed by atoms with Gasteiger partial charge in [0, 0.05) is 35.3 Å². The van der Waals surface area contributed by atoms with Crippen LogP contribution >= 0.6 is 27.3 Å². The normalized spacial score (nSPS) is 13.3. The molecule has 0 atom stereocenters. The molecule has 3 aromatic rings. The maximum absolute atomic E-state index is 13.2. The molecule has 0 spiro atoms. The monoisotopic (exact) mass is 481 g/mol. The summed E-state index contributed by atoms with van der Waals surface area (Å²) in [4.78, 5) is 21.3. The van der Waals surface area contributed by atoms with Crippen molar-refractivity contribution in [1.29, 1.82) is 0 Å². The van der Waals surface area contributed by atoms with Crippen molar-refractivity contribution in [3.63, 3.8) is 0 Å². The second kappa shape index (κ2) is 9.14. The van der Waals surface area contributed by atoms with Crippen LogP contribution in [-0.2, 0) is 12.8 Å². The molecule has 6 heteroatoms. The maximum atomic E-state index is 13.2. The Morgan fingerprint density at radius 2 is 1.90 bits per heavy atom. The molecule has 1 aliphatic carbocycles. The molecule has 0 bridgehead atoms. The van der Waals surface area contributed by atoms with Gasteiger partial charge in [-0.15, -0.1) is 11.3 Å². The molecule has 1 aromatic heterocycles. The Bertz CT molecular complexity index is 1090. The van der Waals surface area contributed by atoms with Gasteiger partial charge in [-0.3, -0.25) is 4.79 Å². The number of aryl methyl sites for hydroxylation is 1. The largest absolute Gasteiger partial charge is 0.377 e. The fourth-order valence-electron chi connectivity index (χ4n) is 3.69. The quantitative estimate of drug-likeness (QED) is 0.425. The minimum absolute atomic E-state index is 0.0723. The third-order valence-electron chi connectivity index (χ3n) is 5.20. The van der Waals surface area contributed by atoms with E-state index in [4.69, 9.17) is 4.99 Å². The van der Waals surface area contributed by atoms with Crippen LogP contribution < -0.4 is 10.2 Å². The van der Waals surface area contributed by atoms with Gasteiger partial charge in [0.15, 0.2) is 0 Å².